The average Bonchev–Trinajstić information content (AvgIpc) is 2.22. The van der Waals surface area contributed by atoms with Crippen LogP contribution in [0.15, 0.2) is 12.1 Å². The molecule has 3 N–H and O–H groups in total. The Kier molecular flexibility index (Phi) is 3.67. The second-order valence-corrected chi connectivity index (χ2v) is 3.36. The number of hydrogen-bond donors (Lipinski definition) is 2. The summed E-state index contributed by atoms with van der Waals surface area (Å²) in [5.74, 6) is 3.91. The van der Waals surface area contributed by atoms with Crippen molar-refractivity contribution < 1.29 is 14.8 Å². The van der Waals surface area contributed by atoms with Crippen molar-refractivity contribution in [1.29, 1.82) is 0 Å². The van der Waals surface area contributed by atoms with E-state index >= 15 is 0 Å². The lowest BCUT2D eigenvalue weighted by atomic mass is 10.1. The molecule has 0 fully saturated rings. The molecule has 1 aromatic rings. The minimum atomic E-state index is -1.04. The number of carboxylic acid groups (broad SMARTS) is 1. The van der Waals surface area contributed by atoms with Gasteiger partial charge in [-0.1, -0.05) is 11.8 Å². The molecule has 6 heteroatoms. The number of nitrogen functional groups attached to an aromatic ring is 1. The molecule has 0 spiro atoms. The summed E-state index contributed by atoms with van der Waals surface area (Å²) >= 11 is 0. The molecule has 0 unspecified atom stereocenters. The van der Waals surface area contributed by atoms with Crippen LogP contribution in [0.3, 0.4) is 0 Å². The lowest BCUT2D eigenvalue weighted by molar-refractivity contribution is -0.383. The van der Waals surface area contributed by atoms with Crippen molar-refractivity contribution in [2.75, 3.05) is 5.73 Å². The normalized spacial score (nSPS) is 9.24. The minimum Gasteiger partial charge on any atom is -0.481 e. The van der Waals surface area contributed by atoms with E-state index in [1.54, 1.807) is 13.0 Å². The van der Waals surface area contributed by atoms with Gasteiger partial charge >= 0.3 is 5.97 Å². The lowest BCUT2D eigenvalue weighted by Gasteiger charge is -2.01. The third-order valence-electron chi connectivity index (χ3n) is 2.03. The number of hydrogen-bond acceptors (Lipinski definition) is 4. The topological polar surface area (TPSA) is 106 Å². The highest BCUT2D eigenvalue weighted by Gasteiger charge is 2.14. The average molecular weight is 234 g/mol. The first kappa shape index (κ1) is 12.5. The van der Waals surface area contributed by atoms with E-state index in [2.05, 4.69) is 11.8 Å². The summed E-state index contributed by atoms with van der Waals surface area (Å²) in [6.45, 7) is 1.63. The predicted octanol–water partition coefficient (Wildman–Crippen LogP) is 1.31. The third-order valence-corrected chi connectivity index (χ3v) is 2.03. The highest BCUT2D eigenvalue weighted by molar-refractivity contribution is 5.71. The number of benzene rings is 1. The largest absolute Gasteiger partial charge is 0.481 e. The molecule has 0 atom stereocenters. The van der Waals surface area contributed by atoms with Crippen LogP contribution in [0.5, 0.6) is 0 Å². The Bertz CT molecular complexity index is 540. The summed E-state index contributed by atoms with van der Waals surface area (Å²) in [6.07, 6.45) is -0.308. The Labute approximate surface area is 97.2 Å². The van der Waals surface area contributed by atoms with Crippen molar-refractivity contribution >= 4 is 17.3 Å². The molecule has 0 radical (unpaired) electrons. The summed E-state index contributed by atoms with van der Waals surface area (Å²) in [5.41, 5.74) is 6.34. The van der Waals surface area contributed by atoms with E-state index in [4.69, 9.17) is 10.8 Å². The highest BCUT2D eigenvalue weighted by atomic mass is 16.6. The van der Waals surface area contributed by atoms with Crippen molar-refractivity contribution in [3.8, 4) is 11.8 Å². The van der Waals surface area contributed by atoms with Gasteiger partial charge in [0.2, 0.25) is 0 Å². The second-order valence-electron chi connectivity index (χ2n) is 3.36. The molecule has 0 aromatic heterocycles. The third kappa shape index (κ3) is 3.21. The van der Waals surface area contributed by atoms with Crippen LogP contribution in [0.1, 0.15) is 17.5 Å². The summed E-state index contributed by atoms with van der Waals surface area (Å²) in [7, 11) is 0. The molecule has 0 aliphatic heterocycles. The zero-order valence-corrected chi connectivity index (χ0v) is 9.06. The van der Waals surface area contributed by atoms with Gasteiger partial charge in [-0.2, -0.15) is 0 Å². The summed E-state index contributed by atoms with van der Waals surface area (Å²) in [4.78, 5) is 20.4. The molecule has 1 aromatic carbocycles. The number of aryl methyl sites for hydroxylation is 1. The van der Waals surface area contributed by atoms with Crippen molar-refractivity contribution in [1.82, 2.24) is 0 Å². The molecule has 0 aliphatic carbocycles. The SMILES string of the molecule is Cc1cc(C#CCC(=O)O)cc([N+](=O)[O-])c1N. The van der Waals surface area contributed by atoms with Gasteiger partial charge in [-0.05, 0) is 18.6 Å². The van der Waals surface area contributed by atoms with Crippen LogP contribution in [0.25, 0.3) is 0 Å². The second kappa shape index (κ2) is 4.99. The molecule has 0 heterocycles. The fourth-order valence-corrected chi connectivity index (χ4v) is 1.22. The summed E-state index contributed by atoms with van der Waals surface area (Å²) < 4.78 is 0. The van der Waals surface area contributed by atoms with Crippen molar-refractivity contribution in [3.05, 3.63) is 33.4 Å². The van der Waals surface area contributed by atoms with Gasteiger partial charge in [-0.15, -0.1) is 0 Å². The molecule has 17 heavy (non-hydrogen) atoms. The minimum absolute atomic E-state index is 0.0961. The molecule has 0 bridgehead atoms. The van der Waals surface area contributed by atoms with Crippen LogP contribution in [0, 0.1) is 28.9 Å². The smallest absolute Gasteiger partial charge is 0.315 e. The van der Waals surface area contributed by atoms with E-state index in [-0.39, 0.29) is 17.8 Å². The van der Waals surface area contributed by atoms with E-state index in [0.717, 1.165) is 0 Å². The Balaban J connectivity index is 3.13. The molecule has 0 saturated carbocycles. The molecule has 1 rings (SSSR count). The first-order valence-electron chi connectivity index (χ1n) is 4.67. The Morgan fingerprint density at radius 2 is 2.24 bits per heavy atom. The molecular weight excluding hydrogens is 224 g/mol. The van der Waals surface area contributed by atoms with Gasteiger partial charge in [0.05, 0.1) is 4.92 Å². The fraction of sp³-hybridized carbons (Fsp3) is 0.182. The van der Waals surface area contributed by atoms with Crippen molar-refractivity contribution in [2.24, 2.45) is 0 Å². The molecule has 0 amide bonds. The molecule has 6 nitrogen and oxygen atoms in total. The van der Waals surface area contributed by atoms with Gasteiger partial charge in [0.15, 0.2) is 0 Å². The van der Waals surface area contributed by atoms with Gasteiger partial charge < -0.3 is 10.8 Å². The standard InChI is InChI=1S/C11H10N2O4/c1-7-5-8(3-2-4-10(14)15)6-9(11(7)12)13(16)17/h5-6H,4,12H2,1H3,(H,14,15). The number of nitro groups is 1. The monoisotopic (exact) mass is 234 g/mol. The van der Waals surface area contributed by atoms with Crippen LogP contribution in [-0.4, -0.2) is 16.0 Å². The maximum absolute atomic E-state index is 10.7. The summed E-state index contributed by atoms with van der Waals surface area (Å²) in [6, 6.07) is 2.81. The first-order valence-corrected chi connectivity index (χ1v) is 4.67. The number of rotatable bonds is 2. The van der Waals surface area contributed by atoms with E-state index in [0.29, 0.717) is 11.1 Å². The Morgan fingerprint density at radius 1 is 1.59 bits per heavy atom. The lowest BCUT2D eigenvalue weighted by Crippen LogP contribution is -1.99. The van der Waals surface area contributed by atoms with Crippen LogP contribution in [0.2, 0.25) is 0 Å². The van der Waals surface area contributed by atoms with Gasteiger partial charge in [-0.3, -0.25) is 14.9 Å². The summed E-state index contributed by atoms with van der Waals surface area (Å²) in [5, 5.41) is 19.1. The van der Waals surface area contributed by atoms with E-state index < -0.39 is 10.9 Å². The fourth-order valence-electron chi connectivity index (χ4n) is 1.22. The van der Waals surface area contributed by atoms with Crippen molar-refractivity contribution in [2.45, 2.75) is 13.3 Å². The Hall–Kier alpha value is -2.55. The number of carbonyl (C=O) groups is 1. The van der Waals surface area contributed by atoms with E-state index in [1.807, 2.05) is 0 Å². The number of nitro benzene ring substituents is 1. The highest BCUT2D eigenvalue weighted by Crippen LogP contribution is 2.26. The van der Waals surface area contributed by atoms with Gasteiger partial charge in [0.25, 0.3) is 5.69 Å². The van der Waals surface area contributed by atoms with Gasteiger partial charge in [0, 0.05) is 11.6 Å². The number of nitrogens with zero attached hydrogens (tertiary/aromatic N) is 1. The Morgan fingerprint density at radius 3 is 2.76 bits per heavy atom. The molecule has 0 saturated heterocycles. The number of carboxylic acids is 1. The first-order chi connectivity index (χ1) is 7.91. The molecule has 0 aliphatic rings. The molecular formula is C11H10N2O4. The van der Waals surface area contributed by atoms with Gasteiger partial charge in [0.1, 0.15) is 12.1 Å². The zero-order valence-electron chi connectivity index (χ0n) is 9.06. The van der Waals surface area contributed by atoms with E-state index in [9.17, 15) is 14.9 Å². The van der Waals surface area contributed by atoms with Gasteiger partial charge in [-0.25, -0.2) is 0 Å². The molecule has 88 valence electrons. The van der Waals surface area contributed by atoms with Crippen LogP contribution in [-0.2, 0) is 4.79 Å². The number of anilines is 1. The van der Waals surface area contributed by atoms with Crippen LogP contribution < -0.4 is 5.73 Å². The van der Waals surface area contributed by atoms with Crippen molar-refractivity contribution in [3.63, 3.8) is 0 Å². The zero-order chi connectivity index (χ0) is 13.0. The number of aliphatic carboxylic acids is 1. The van der Waals surface area contributed by atoms with Crippen LogP contribution in [0.4, 0.5) is 11.4 Å². The van der Waals surface area contributed by atoms with E-state index in [1.165, 1.54) is 6.07 Å². The quantitative estimate of drug-likeness (QED) is 0.347. The maximum atomic E-state index is 10.7. The number of nitrogens with two attached hydrogens (primary N) is 1. The predicted molar refractivity (Wildman–Crippen MR) is 61.4 cm³/mol. The maximum Gasteiger partial charge on any atom is 0.315 e. The van der Waals surface area contributed by atoms with Crippen LogP contribution >= 0.6 is 0 Å².